The molecule has 1 atom stereocenters. The van der Waals surface area contributed by atoms with Crippen LogP contribution in [0.1, 0.15) is 39.0 Å². The van der Waals surface area contributed by atoms with Gasteiger partial charge in [-0.05, 0) is 38.0 Å². The fourth-order valence-electron chi connectivity index (χ4n) is 2.67. The molecule has 0 saturated heterocycles. The Labute approximate surface area is 105 Å². The highest BCUT2D eigenvalue weighted by Gasteiger charge is 2.47. The van der Waals surface area contributed by atoms with Gasteiger partial charge in [0.1, 0.15) is 0 Å². The number of hydrogen-bond donors (Lipinski definition) is 1. The van der Waals surface area contributed by atoms with Crippen molar-refractivity contribution in [2.45, 2.75) is 51.2 Å². The molecule has 2 N–H and O–H groups in total. The van der Waals surface area contributed by atoms with Gasteiger partial charge in [-0.15, -0.1) is 0 Å². The van der Waals surface area contributed by atoms with Crippen LogP contribution in [0.15, 0.2) is 0 Å². The summed E-state index contributed by atoms with van der Waals surface area (Å²) in [5.41, 5.74) is 5.32. The molecule has 0 aromatic heterocycles. The molecule has 0 aromatic rings. The number of carbonyl (C=O) groups excluding carboxylic acids is 1. The molecule has 0 bridgehead atoms. The van der Waals surface area contributed by atoms with Crippen LogP contribution in [-0.4, -0.2) is 25.3 Å². The Balaban J connectivity index is 2.71. The van der Waals surface area contributed by atoms with Gasteiger partial charge in [-0.3, -0.25) is 4.79 Å². The van der Waals surface area contributed by atoms with E-state index >= 15 is 0 Å². The van der Waals surface area contributed by atoms with E-state index in [1.165, 1.54) is 7.11 Å². The Morgan fingerprint density at radius 3 is 2.28 bits per heavy atom. The molecule has 0 aliphatic heterocycles. The topological polar surface area (TPSA) is 52.3 Å². The largest absolute Gasteiger partial charge is 0.469 e. The van der Waals surface area contributed by atoms with E-state index in [9.17, 15) is 18.0 Å². The van der Waals surface area contributed by atoms with Crippen LogP contribution in [0.5, 0.6) is 0 Å². The number of halogens is 3. The summed E-state index contributed by atoms with van der Waals surface area (Å²) in [7, 11) is 1.28. The van der Waals surface area contributed by atoms with E-state index in [1.807, 2.05) is 0 Å². The van der Waals surface area contributed by atoms with E-state index in [1.54, 1.807) is 6.92 Å². The zero-order valence-electron chi connectivity index (χ0n) is 10.7. The first-order valence-electron chi connectivity index (χ1n) is 6.10. The third kappa shape index (κ3) is 3.37. The van der Waals surface area contributed by atoms with Gasteiger partial charge >= 0.3 is 12.1 Å². The predicted octanol–water partition coefficient (Wildman–Crippen LogP) is 2.64. The summed E-state index contributed by atoms with van der Waals surface area (Å²) in [5.74, 6) is -1.67. The van der Waals surface area contributed by atoms with Crippen LogP contribution in [0.2, 0.25) is 0 Å². The van der Waals surface area contributed by atoms with Crippen molar-refractivity contribution in [3.8, 4) is 0 Å². The number of hydrogen-bond acceptors (Lipinski definition) is 3. The first kappa shape index (κ1) is 15.3. The summed E-state index contributed by atoms with van der Waals surface area (Å²) in [6.45, 7) is 1.75. The van der Waals surface area contributed by atoms with Gasteiger partial charge in [-0.1, -0.05) is 0 Å². The third-order valence-corrected chi connectivity index (χ3v) is 4.13. The first-order chi connectivity index (χ1) is 8.21. The van der Waals surface area contributed by atoms with Gasteiger partial charge < -0.3 is 10.5 Å². The van der Waals surface area contributed by atoms with Crippen molar-refractivity contribution >= 4 is 5.97 Å². The quantitative estimate of drug-likeness (QED) is 0.800. The number of rotatable bonds is 3. The fourth-order valence-corrected chi connectivity index (χ4v) is 2.67. The number of carbonyl (C=O) groups is 1. The molecular weight excluding hydrogens is 247 g/mol. The van der Waals surface area contributed by atoms with E-state index in [2.05, 4.69) is 4.74 Å². The van der Waals surface area contributed by atoms with Gasteiger partial charge in [0.05, 0.1) is 19.4 Å². The zero-order valence-corrected chi connectivity index (χ0v) is 10.7. The molecule has 0 heterocycles. The summed E-state index contributed by atoms with van der Waals surface area (Å²) in [6, 6.07) is -0.314. The molecule has 106 valence electrons. The highest BCUT2D eigenvalue weighted by Crippen LogP contribution is 2.48. The van der Waals surface area contributed by atoms with Crippen molar-refractivity contribution in [1.29, 1.82) is 0 Å². The minimum atomic E-state index is -4.14. The molecule has 1 aliphatic carbocycles. The lowest BCUT2D eigenvalue weighted by Gasteiger charge is -2.42. The number of methoxy groups -OCH3 is 1. The lowest BCUT2D eigenvalue weighted by molar-refractivity contribution is -0.189. The van der Waals surface area contributed by atoms with Crippen molar-refractivity contribution in [2.75, 3.05) is 7.11 Å². The van der Waals surface area contributed by atoms with Gasteiger partial charge in [0.25, 0.3) is 0 Å². The summed E-state index contributed by atoms with van der Waals surface area (Å²) < 4.78 is 42.4. The van der Waals surface area contributed by atoms with Crippen molar-refractivity contribution < 1.29 is 22.7 Å². The standard InChI is InChI=1S/C12H20F3NO2/c1-8(16)11(7-10(17)18-2)5-3-9(4-6-11)12(13,14)15/h8-9H,3-7,16H2,1-2H3. The minimum absolute atomic E-state index is 0.0437. The van der Waals surface area contributed by atoms with Crippen molar-refractivity contribution in [2.24, 2.45) is 17.1 Å². The van der Waals surface area contributed by atoms with E-state index in [0.29, 0.717) is 12.8 Å². The SMILES string of the molecule is COC(=O)CC1(C(C)N)CCC(C(F)(F)F)CC1. The fraction of sp³-hybridized carbons (Fsp3) is 0.917. The Hall–Kier alpha value is -0.780. The number of ether oxygens (including phenoxy) is 1. The van der Waals surface area contributed by atoms with Crippen molar-refractivity contribution in [1.82, 2.24) is 0 Å². The van der Waals surface area contributed by atoms with Gasteiger partial charge in [-0.25, -0.2) is 0 Å². The second-order valence-corrected chi connectivity index (χ2v) is 5.22. The highest BCUT2D eigenvalue weighted by atomic mass is 19.4. The van der Waals surface area contributed by atoms with E-state index < -0.39 is 23.5 Å². The molecule has 1 fully saturated rings. The predicted molar refractivity (Wildman–Crippen MR) is 60.7 cm³/mol. The maximum Gasteiger partial charge on any atom is 0.391 e. The number of esters is 1. The van der Waals surface area contributed by atoms with Gasteiger partial charge in [0, 0.05) is 6.04 Å². The van der Waals surface area contributed by atoms with E-state index in [0.717, 1.165) is 0 Å². The Morgan fingerprint density at radius 1 is 1.44 bits per heavy atom. The smallest absolute Gasteiger partial charge is 0.391 e. The minimum Gasteiger partial charge on any atom is -0.469 e. The zero-order chi connectivity index (χ0) is 14.0. The Morgan fingerprint density at radius 2 is 1.94 bits per heavy atom. The molecule has 1 aliphatic rings. The molecule has 18 heavy (non-hydrogen) atoms. The van der Waals surface area contributed by atoms with E-state index in [4.69, 9.17) is 5.73 Å². The molecule has 0 amide bonds. The molecular formula is C12H20F3NO2. The lowest BCUT2D eigenvalue weighted by Crippen LogP contribution is -2.45. The normalized spacial score (nSPS) is 30.9. The molecule has 6 heteroatoms. The summed E-state index contributed by atoms with van der Waals surface area (Å²) in [6.07, 6.45) is -3.31. The van der Waals surface area contributed by atoms with Gasteiger partial charge in [-0.2, -0.15) is 13.2 Å². The maximum atomic E-state index is 12.6. The summed E-state index contributed by atoms with van der Waals surface area (Å²) >= 11 is 0. The molecule has 0 radical (unpaired) electrons. The van der Waals surface area contributed by atoms with Gasteiger partial charge in [0.2, 0.25) is 0 Å². The summed E-state index contributed by atoms with van der Waals surface area (Å²) in [4.78, 5) is 11.4. The molecule has 0 spiro atoms. The molecule has 3 nitrogen and oxygen atoms in total. The van der Waals surface area contributed by atoms with Crippen LogP contribution in [-0.2, 0) is 9.53 Å². The first-order valence-corrected chi connectivity index (χ1v) is 6.10. The molecule has 1 saturated carbocycles. The van der Waals surface area contributed by atoms with Gasteiger partial charge in [0.15, 0.2) is 0 Å². The van der Waals surface area contributed by atoms with Crippen LogP contribution in [0, 0.1) is 11.3 Å². The second kappa shape index (κ2) is 5.47. The molecule has 0 aromatic carbocycles. The van der Waals surface area contributed by atoms with Crippen LogP contribution in [0.4, 0.5) is 13.2 Å². The second-order valence-electron chi connectivity index (χ2n) is 5.22. The molecule has 1 unspecified atom stereocenters. The Bertz CT molecular complexity index is 294. The van der Waals surface area contributed by atoms with E-state index in [-0.39, 0.29) is 25.3 Å². The number of nitrogens with two attached hydrogens (primary N) is 1. The average molecular weight is 267 g/mol. The van der Waals surface area contributed by atoms with Crippen LogP contribution in [0.3, 0.4) is 0 Å². The third-order valence-electron chi connectivity index (χ3n) is 4.13. The van der Waals surface area contributed by atoms with Crippen LogP contribution >= 0.6 is 0 Å². The monoisotopic (exact) mass is 267 g/mol. The molecule has 1 rings (SSSR count). The Kier molecular flexibility index (Phi) is 4.64. The highest BCUT2D eigenvalue weighted by molar-refractivity contribution is 5.70. The summed E-state index contributed by atoms with van der Waals surface area (Å²) in [5, 5.41) is 0. The average Bonchev–Trinajstić information content (AvgIpc) is 2.28. The van der Waals surface area contributed by atoms with Crippen LogP contribution < -0.4 is 5.73 Å². The maximum absolute atomic E-state index is 12.6. The van der Waals surface area contributed by atoms with Crippen molar-refractivity contribution in [3.05, 3.63) is 0 Å². The van der Waals surface area contributed by atoms with Crippen LogP contribution in [0.25, 0.3) is 0 Å². The lowest BCUT2D eigenvalue weighted by atomic mass is 9.65. The van der Waals surface area contributed by atoms with Crippen molar-refractivity contribution in [3.63, 3.8) is 0 Å². The number of alkyl halides is 3.